The van der Waals surface area contributed by atoms with Crippen LogP contribution in [0.1, 0.15) is 29.2 Å². The molecule has 160 valence electrons. The van der Waals surface area contributed by atoms with Crippen molar-refractivity contribution in [2.45, 2.75) is 45.8 Å². The molecule has 5 rings (SSSR count). The van der Waals surface area contributed by atoms with Crippen molar-refractivity contribution in [3.63, 3.8) is 0 Å². The number of fused-ring (bicyclic) bond motifs is 1. The standard InChI is InChI=1S/C21H25N9S/c1-14-9-24-20(25-18-8-15(2)27-31-18)26-19(14)28-12-21(13-28,4-5-22)29-6-7-30-16(3)23-10-17(30)11-29/h8-10H,4,6-7,11-13H2,1-3H3,(H,24,25,26). The number of aryl methyl sites for hydroxylation is 3. The predicted molar refractivity (Wildman–Crippen MR) is 119 cm³/mol. The van der Waals surface area contributed by atoms with Crippen molar-refractivity contribution in [2.24, 2.45) is 0 Å². The average Bonchev–Trinajstić information content (AvgIpc) is 3.31. The van der Waals surface area contributed by atoms with Crippen molar-refractivity contribution in [1.29, 1.82) is 5.26 Å². The maximum atomic E-state index is 9.57. The van der Waals surface area contributed by atoms with Gasteiger partial charge in [-0.15, -0.1) is 0 Å². The van der Waals surface area contributed by atoms with Crippen LogP contribution in [0.5, 0.6) is 0 Å². The Balaban J connectivity index is 1.34. The van der Waals surface area contributed by atoms with Crippen molar-refractivity contribution in [3.05, 3.63) is 41.2 Å². The van der Waals surface area contributed by atoms with E-state index in [-0.39, 0.29) is 5.54 Å². The van der Waals surface area contributed by atoms with Gasteiger partial charge in [0.15, 0.2) is 0 Å². The van der Waals surface area contributed by atoms with E-state index in [1.165, 1.54) is 17.2 Å². The van der Waals surface area contributed by atoms with Gasteiger partial charge in [0.05, 0.1) is 29.4 Å². The molecule has 0 atom stereocenters. The summed E-state index contributed by atoms with van der Waals surface area (Å²) in [4.78, 5) is 18.4. The highest BCUT2D eigenvalue weighted by molar-refractivity contribution is 7.10. The Morgan fingerprint density at radius 3 is 2.77 bits per heavy atom. The summed E-state index contributed by atoms with van der Waals surface area (Å²) in [5.41, 5.74) is 3.08. The molecule has 9 nitrogen and oxygen atoms in total. The second kappa shape index (κ2) is 7.59. The lowest BCUT2D eigenvalue weighted by Gasteiger charge is -2.56. The van der Waals surface area contributed by atoms with Gasteiger partial charge in [0.1, 0.15) is 16.6 Å². The lowest BCUT2D eigenvalue weighted by atomic mass is 9.83. The van der Waals surface area contributed by atoms with E-state index >= 15 is 0 Å². The summed E-state index contributed by atoms with van der Waals surface area (Å²) in [6.07, 6.45) is 4.32. The van der Waals surface area contributed by atoms with Gasteiger partial charge in [0, 0.05) is 50.7 Å². The van der Waals surface area contributed by atoms with E-state index in [4.69, 9.17) is 4.98 Å². The molecule has 1 N–H and O–H groups in total. The maximum absolute atomic E-state index is 9.57. The fourth-order valence-electron chi connectivity index (χ4n) is 4.58. The summed E-state index contributed by atoms with van der Waals surface area (Å²) in [5.74, 6) is 2.55. The Labute approximate surface area is 185 Å². The molecule has 2 aliphatic heterocycles. The summed E-state index contributed by atoms with van der Waals surface area (Å²) < 4.78 is 6.57. The van der Waals surface area contributed by atoms with Crippen LogP contribution in [0.3, 0.4) is 0 Å². The number of anilines is 3. The van der Waals surface area contributed by atoms with E-state index in [1.807, 2.05) is 39.2 Å². The van der Waals surface area contributed by atoms with E-state index in [0.717, 1.165) is 60.6 Å². The number of nitriles is 1. The van der Waals surface area contributed by atoms with Crippen LogP contribution in [0, 0.1) is 32.1 Å². The van der Waals surface area contributed by atoms with E-state index in [9.17, 15) is 5.26 Å². The molecule has 31 heavy (non-hydrogen) atoms. The van der Waals surface area contributed by atoms with Crippen LogP contribution in [0.25, 0.3) is 0 Å². The molecule has 3 aromatic heterocycles. The Bertz CT molecular complexity index is 1150. The van der Waals surface area contributed by atoms with Gasteiger partial charge in [-0.2, -0.15) is 14.6 Å². The molecule has 0 aliphatic carbocycles. The maximum Gasteiger partial charge on any atom is 0.229 e. The molecule has 1 saturated heterocycles. The molecule has 0 amide bonds. The van der Waals surface area contributed by atoms with Gasteiger partial charge in [-0.1, -0.05) is 0 Å². The predicted octanol–water partition coefficient (Wildman–Crippen LogP) is 2.79. The first-order valence-electron chi connectivity index (χ1n) is 10.4. The molecule has 10 heteroatoms. The SMILES string of the molecule is Cc1cc(Nc2ncc(C)c(N3CC(CC#N)(N4CCn5c(cnc5C)C4)C3)n2)sn1. The Kier molecular flexibility index (Phi) is 4.87. The lowest BCUT2D eigenvalue weighted by Crippen LogP contribution is -2.71. The second-order valence-corrected chi connectivity index (χ2v) is 9.25. The van der Waals surface area contributed by atoms with Crippen LogP contribution in [-0.2, 0) is 13.1 Å². The minimum absolute atomic E-state index is 0.155. The minimum atomic E-state index is -0.155. The third-order valence-corrected chi connectivity index (χ3v) is 7.04. The van der Waals surface area contributed by atoms with Gasteiger partial charge < -0.3 is 14.8 Å². The number of hydrogen-bond donors (Lipinski definition) is 1. The molecule has 3 aromatic rings. The molecule has 0 bridgehead atoms. The van der Waals surface area contributed by atoms with E-state index in [0.29, 0.717) is 12.4 Å². The van der Waals surface area contributed by atoms with Crippen LogP contribution in [-0.4, -0.2) is 54.0 Å². The van der Waals surface area contributed by atoms with Crippen molar-refractivity contribution < 1.29 is 0 Å². The van der Waals surface area contributed by atoms with Crippen LogP contribution in [0.2, 0.25) is 0 Å². The van der Waals surface area contributed by atoms with Gasteiger partial charge in [0.25, 0.3) is 0 Å². The molecule has 2 aliphatic rings. The molecule has 0 aromatic carbocycles. The monoisotopic (exact) mass is 435 g/mol. The van der Waals surface area contributed by atoms with E-state index < -0.39 is 0 Å². The minimum Gasteiger partial charge on any atom is -0.352 e. The third-order valence-electron chi connectivity index (χ3n) is 6.24. The smallest absolute Gasteiger partial charge is 0.229 e. The summed E-state index contributed by atoms with van der Waals surface area (Å²) in [6, 6.07) is 4.41. The topological polar surface area (TPSA) is 98.8 Å². The Morgan fingerprint density at radius 1 is 1.19 bits per heavy atom. The molecule has 0 unspecified atom stereocenters. The summed E-state index contributed by atoms with van der Waals surface area (Å²) in [6.45, 7) is 10.3. The number of rotatable bonds is 5. The molecule has 0 spiro atoms. The van der Waals surface area contributed by atoms with Crippen LogP contribution >= 0.6 is 11.5 Å². The summed E-state index contributed by atoms with van der Waals surface area (Å²) in [5, 5.41) is 13.7. The van der Waals surface area contributed by atoms with E-state index in [1.54, 1.807) is 0 Å². The molecular formula is C21H25N9S. The Morgan fingerprint density at radius 2 is 2.03 bits per heavy atom. The zero-order chi connectivity index (χ0) is 21.6. The normalized spacial score (nSPS) is 17.7. The van der Waals surface area contributed by atoms with E-state index in [2.05, 4.69) is 40.1 Å². The third kappa shape index (κ3) is 3.54. The zero-order valence-electron chi connectivity index (χ0n) is 18.0. The highest BCUT2D eigenvalue weighted by atomic mass is 32.1. The quantitative estimate of drug-likeness (QED) is 0.653. The fourth-order valence-corrected chi connectivity index (χ4v) is 5.23. The number of hydrogen-bond acceptors (Lipinski definition) is 9. The fraction of sp³-hybridized carbons (Fsp3) is 0.476. The molecular weight excluding hydrogens is 410 g/mol. The highest BCUT2D eigenvalue weighted by Crippen LogP contribution is 2.37. The molecule has 5 heterocycles. The first-order valence-corrected chi connectivity index (χ1v) is 11.2. The molecule has 0 radical (unpaired) electrons. The number of nitrogens with zero attached hydrogens (tertiary/aromatic N) is 8. The first kappa shape index (κ1) is 19.9. The van der Waals surface area contributed by atoms with Crippen molar-refractivity contribution in [3.8, 4) is 6.07 Å². The average molecular weight is 436 g/mol. The largest absolute Gasteiger partial charge is 0.352 e. The number of imidazole rings is 1. The van der Waals surface area contributed by atoms with Crippen LogP contribution in [0.4, 0.5) is 16.8 Å². The van der Waals surface area contributed by atoms with Crippen molar-refractivity contribution in [1.82, 2.24) is 28.8 Å². The number of nitrogens with one attached hydrogen (secondary N) is 1. The first-order chi connectivity index (χ1) is 15.0. The molecule has 0 saturated carbocycles. The van der Waals surface area contributed by atoms with Gasteiger partial charge in [-0.3, -0.25) is 4.90 Å². The van der Waals surface area contributed by atoms with Gasteiger partial charge in [-0.05, 0) is 38.4 Å². The van der Waals surface area contributed by atoms with Gasteiger partial charge in [0.2, 0.25) is 5.95 Å². The van der Waals surface area contributed by atoms with Crippen LogP contribution in [0.15, 0.2) is 18.5 Å². The summed E-state index contributed by atoms with van der Waals surface area (Å²) >= 11 is 1.40. The van der Waals surface area contributed by atoms with Gasteiger partial charge >= 0.3 is 0 Å². The van der Waals surface area contributed by atoms with Gasteiger partial charge in [-0.25, -0.2) is 9.97 Å². The van der Waals surface area contributed by atoms with Crippen LogP contribution < -0.4 is 10.2 Å². The molecule has 1 fully saturated rings. The second-order valence-electron chi connectivity index (χ2n) is 8.44. The van der Waals surface area contributed by atoms with Crippen molar-refractivity contribution >= 4 is 28.3 Å². The highest BCUT2D eigenvalue weighted by Gasteiger charge is 2.49. The lowest BCUT2D eigenvalue weighted by molar-refractivity contribution is 0.0366. The zero-order valence-corrected chi connectivity index (χ0v) is 18.8. The summed E-state index contributed by atoms with van der Waals surface area (Å²) in [7, 11) is 0. The Hall–Kier alpha value is -3.03. The number of aromatic nitrogens is 5. The van der Waals surface area contributed by atoms with Crippen molar-refractivity contribution in [2.75, 3.05) is 29.9 Å².